The van der Waals surface area contributed by atoms with E-state index < -0.39 is 18.5 Å². The molecule has 1 aromatic heterocycles. The Hall–Kier alpha value is -1.41. The van der Waals surface area contributed by atoms with E-state index >= 15 is 0 Å². The lowest BCUT2D eigenvalue weighted by Gasteiger charge is -2.35. The highest BCUT2D eigenvalue weighted by Gasteiger charge is 2.32. The van der Waals surface area contributed by atoms with Crippen molar-refractivity contribution in [2.45, 2.75) is 12.7 Å². The summed E-state index contributed by atoms with van der Waals surface area (Å²) in [5.74, 6) is -0.189. The molecule has 1 saturated heterocycles. The summed E-state index contributed by atoms with van der Waals surface area (Å²) in [6, 6.07) is 1.59. The molecule has 0 amide bonds. The summed E-state index contributed by atoms with van der Waals surface area (Å²) < 4.78 is 51.3. The molecule has 0 unspecified atom stereocenters. The molecule has 1 fully saturated rings. The number of piperazine rings is 1. The van der Waals surface area contributed by atoms with E-state index in [2.05, 4.69) is 10.3 Å². The highest BCUT2D eigenvalue weighted by molar-refractivity contribution is 5.43. The van der Waals surface area contributed by atoms with E-state index in [1.165, 1.54) is 11.1 Å². The van der Waals surface area contributed by atoms with E-state index in [9.17, 15) is 17.6 Å². The monoisotopic (exact) mass is 306 g/mol. The number of anilines is 1. The molecule has 8 heteroatoms. The van der Waals surface area contributed by atoms with Crippen LogP contribution in [-0.4, -0.2) is 55.8 Å². The molecule has 1 N–H and O–H groups in total. The minimum atomic E-state index is -4.20. The predicted octanol–water partition coefficient (Wildman–Crippen LogP) is 1.62. The van der Waals surface area contributed by atoms with E-state index in [0.29, 0.717) is 25.2 Å². The van der Waals surface area contributed by atoms with Gasteiger partial charge >= 0.3 is 6.18 Å². The molecule has 1 aromatic rings. The number of nitrogens with one attached hydrogen (secondary N) is 1. The lowest BCUT2D eigenvalue weighted by Crippen LogP contribution is -2.49. The van der Waals surface area contributed by atoms with Crippen LogP contribution in [0.25, 0.3) is 0 Å². The fourth-order valence-corrected chi connectivity index (χ4v) is 2.39. The van der Waals surface area contributed by atoms with Gasteiger partial charge in [-0.2, -0.15) is 13.2 Å². The van der Waals surface area contributed by atoms with Crippen LogP contribution in [-0.2, 0) is 6.54 Å². The molecule has 0 bridgehead atoms. The number of alkyl halides is 3. The second-order valence-electron chi connectivity index (χ2n) is 5.02. The van der Waals surface area contributed by atoms with Gasteiger partial charge in [0.1, 0.15) is 0 Å². The van der Waals surface area contributed by atoms with Gasteiger partial charge in [0.05, 0.1) is 6.54 Å². The summed E-state index contributed by atoms with van der Waals surface area (Å²) in [6.07, 6.45) is -2.68. The quantitative estimate of drug-likeness (QED) is 0.857. The summed E-state index contributed by atoms with van der Waals surface area (Å²) >= 11 is 0. The Labute approximate surface area is 120 Å². The van der Waals surface area contributed by atoms with Gasteiger partial charge in [0, 0.05) is 44.5 Å². The van der Waals surface area contributed by atoms with Crippen LogP contribution < -0.4 is 10.2 Å². The summed E-state index contributed by atoms with van der Waals surface area (Å²) in [7, 11) is 1.72. The zero-order chi connectivity index (χ0) is 15.5. The molecule has 0 aliphatic carbocycles. The van der Waals surface area contributed by atoms with E-state index in [1.807, 2.05) is 0 Å². The number of halogens is 4. The number of hydrogen-bond donors (Lipinski definition) is 1. The lowest BCUT2D eigenvalue weighted by atomic mass is 10.2. The van der Waals surface area contributed by atoms with Crippen molar-refractivity contribution in [1.29, 1.82) is 0 Å². The maximum Gasteiger partial charge on any atom is 0.401 e. The van der Waals surface area contributed by atoms with Crippen LogP contribution in [0.4, 0.5) is 23.4 Å². The van der Waals surface area contributed by atoms with Gasteiger partial charge in [0.25, 0.3) is 0 Å². The maximum atomic E-state index is 14.3. The first-order valence-corrected chi connectivity index (χ1v) is 6.73. The average molecular weight is 306 g/mol. The minimum absolute atomic E-state index is 0.217. The first-order chi connectivity index (χ1) is 9.90. The van der Waals surface area contributed by atoms with Crippen LogP contribution in [0.1, 0.15) is 5.56 Å². The van der Waals surface area contributed by atoms with Gasteiger partial charge in [0.15, 0.2) is 11.6 Å². The van der Waals surface area contributed by atoms with Gasteiger partial charge in [-0.15, -0.1) is 0 Å². The topological polar surface area (TPSA) is 31.4 Å². The fourth-order valence-electron chi connectivity index (χ4n) is 2.39. The van der Waals surface area contributed by atoms with Crippen LogP contribution in [0.5, 0.6) is 0 Å². The Morgan fingerprint density at radius 2 is 1.90 bits per heavy atom. The molecule has 2 rings (SSSR count). The lowest BCUT2D eigenvalue weighted by molar-refractivity contribution is -0.146. The molecule has 2 heterocycles. The van der Waals surface area contributed by atoms with Crippen LogP contribution in [0.2, 0.25) is 0 Å². The van der Waals surface area contributed by atoms with Gasteiger partial charge in [-0.3, -0.25) is 4.90 Å². The Balaban J connectivity index is 2.01. The number of rotatable bonds is 4. The van der Waals surface area contributed by atoms with Crippen molar-refractivity contribution in [2.24, 2.45) is 0 Å². The zero-order valence-corrected chi connectivity index (χ0v) is 11.8. The first-order valence-electron chi connectivity index (χ1n) is 6.73. The Bertz CT molecular complexity index is 470. The van der Waals surface area contributed by atoms with Crippen molar-refractivity contribution in [1.82, 2.24) is 15.2 Å². The molecule has 1 aliphatic rings. The average Bonchev–Trinajstić information content (AvgIpc) is 2.41. The summed E-state index contributed by atoms with van der Waals surface area (Å²) in [5.41, 5.74) is 0.500. The van der Waals surface area contributed by atoms with E-state index in [1.54, 1.807) is 18.0 Å². The van der Waals surface area contributed by atoms with Crippen LogP contribution >= 0.6 is 0 Å². The third kappa shape index (κ3) is 4.28. The standard InChI is InChI=1S/C13H18F4N4/c1-18-8-10-2-3-19-12(11(10)14)21-6-4-20(5-7-21)9-13(15,16)17/h2-3,18H,4-9H2,1H3. The van der Waals surface area contributed by atoms with Crippen LogP contribution in [0, 0.1) is 5.82 Å². The highest BCUT2D eigenvalue weighted by atomic mass is 19.4. The summed E-state index contributed by atoms with van der Waals surface area (Å²) in [5, 5.41) is 2.87. The molecule has 21 heavy (non-hydrogen) atoms. The van der Waals surface area contributed by atoms with E-state index in [4.69, 9.17) is 0 Å². The van der Waals surface area contributed by atoms with E-state index in [0.717, 1.165) is 0 Å². The van der Waals surface area contributed by atoms with Crippen molar-refractivity contribution < 1.29 is 17.6 Å². The molecule has 1 aliphatic heterocycles. The van der Waals surface area contributed by atoms with Gasteiger partial charge in [0.2, 0.25) is 0 Å². The highest BCUT2D eigenvalue weighted by Crippen LogP contribution is 2.22. The van der Waals surface area contributed by atoms with Crippen LogP contribution in [0.15, 0.2) is 12.3 Å². The number of aromatic nitrogens is 1. The molecular weight excluding hydrogens is 288 g/mol. The largest absolute Gasteiger partial charge is 0.401 e. The first kappa shape index (κ1) is 16.0. The van der Waals surface area contributed by atoms with Crippen molar-refractivity contribution >= 4 is 5.82 Å². The molecule has 118 valence electrons. The number of nitrogens with zero attached hydrogens (tertiary/aromatic N) is 3. The third-order valence-electron chi connectivity index (χ3n) is 3.39. The minimum Gasteiger partial charge on any atom is -0.352 e. The second kappa shape index (κ2) is 6.57. The number of hydrogen-bond acceptors (Lipinski definition) is 4. The Morgan fingerprint density at radius 1 is 1.24 bits per heavy atom. The number of pyridine rings is 1. The summed E-state index contributed by atoms with van der Waals surface area (Å²) in [4.78, 5) is 7.05. The Kier molecular flexibility index (Phi) is 5.00. The van der Waals surface area contributed by atoms with Crippen molar-refractivity contribution in [3.8, 4) is 0 Å². The molecule has 0 radical (unpaired) electrons. The van der Waals surface area contributed by atoms with Gasteiger partial charge in [-0.25, -0.2) is 9.37 Å². The van der Waals surface area contributed by atoms with Gasteiger partial charge < -0.3 is 10.2 Å². The molecule has 4 nitrogen and oxygen atoms in total. The Morgan fingerprint density at radius 3 is 2.48 bits per heavy atom. The normalized spacial score (nSPS) is 17.3. The van der Waals surface area contributed by atoms with Crippen LogP contribution in [0.3, 0.4) is 0 Å². The molecule has 0 spiro atoms. The van der Waals surface area contributed by atoms with Crippen molar-refractivity contribution in [3.05, 3.63) is 23.6 Å². The molecule has 0 atom stereocenters. The van der Waals surface area contributed by atoms with Crippen molar-refractivity contribution in [3.63, 3.8) is 0 Å². The van der Waals surface area contributed by atoms with Gasteiger partial charge in [-0.05, 0) is 13.1 Å². The molecule has 0 aromatic carbocycles. The second-order valence-corrected chi connectivity index (χ2v) is 5.02. The smallest absolute Gasteiger partial charge is 0.352 e. The van der Waals surface area contributed by atoms with E-state index in [-0.39, 0.29) is 18.9 Å². The maximum absolute atomic E-state index is 14.3. The third-order valence-corrected chi connectivity index (χ3v) is 3.39. The predicted molar refractivity (Wildman–Crippen MR) is 71.7 cm³/mol. The van der Waals surface area contributed by atoms with Crippen molar-refractivity contribution in [2.75, 3.05) is 44.7 Å². The zero-order valence-electron chi connectivity index (χ0n) is 11.8. The fraction of sp³-hybridized carbons (Fsp3) is 0.615. The molecule has 0 saturated carbocycles. The summed E-state index contributed by atoms with van der Waals surface area (Å²) in [6.45, 7) is 0.631. The SMILES string of the molecule is CNCc1ccnc(N2CCN(CC(F)(F)F)CC2)c1F. The van der Waals surface area contributed by atoms with Gasteiger partial charge in [-0.1, -0.05) is 0 Å². The molecular formula is C13H18F4N4.